The second kappa shape index (κ2) is 11.9. The molecule has 0 saturated carbocycles. The number of ether oxygens (including phenoxy) is 5. The molecule has 0 aliphatic heterocycles. The minimum atomic E-state index is -0.133. The predicted molar refractivity (Wildman–Crippen MR) is 150 cm³/mol. The Hall–Kier alpha value is -4.85. The van der Waals surface area contributed by atoms with E-state index in [-0.39, 0.29) is 5.78 Å². The molecule has 8 nitrogen and oxygen atoms in total. The molecule has 0 atom stereocenters. The lowest BCUT2D eigenvalue weighted by Crippen LogP contribution is -2.00. The molecule has 0 aliphatic carbocycles. The number of rotatable bonds is 11. The summed E-state index contributed by atoms with van der Waals surface area (Å²) in [6.07, 6.45) is 8.63. The van der Waals surface area contributed by atoms with E-state index in [2.05, 4.69) is 10.3 Å². The first-order valence-electron chi connectivity index (χ1n) is 11.8. The number of methoxy groups -OCH3 is 5. The smallest absolute Gasteiger partial charge is 0.203 e. The Morgan fingerprint density at radius 2 is 1.47 bits per heavy atom. The zero-order valence-electron chi connectivity index (χ0n) is 22.0. The van der Waals surface area contributed by atoms with E-state index in [0.717, 1.165) is 22.0 Å². The van der Waals surface area contributed by atoms with Gasteiger partial charge < -0.3 is 34.0 Å². The van der Waals surface area contributed by atoms with Crippen molar-refractivity contribution in [1.82, 2.24) is 4.98 Å². The molecule has 0 amide bonds. The molecule has 0 fully saturated rings. The molecule has 0 radical (unpaired) electrons. The number of benzene rings is 3. The summed E-state index contributed by atoms with van der Waals surface area (Å²) in [6.45, 7) is 0. The SMILES string of the molecule is COc1cc(C=Cc2ccc(OC)c(OC)c2N/C=C\C(=O)c2c[nH]c3ccccc23)cc(OC)c1OC. The van der Waals surface area contributed by atoms with E-state index in [0.29, 0.717) is 40.0 Å². The Bertz CT molecular complexity index is 1480. The Morgan fingerprint density at radius 3 is 2.13 bits per heavy atom. The van der Waals surface area contributed by atoms with Crippen molar-refractivity contribution in [3.05, 3.63) is 83.7 Å². The monoisotopic (exact) mass is 514 g/mol. The lowest BCUT2D eigenvalue weighted by atomic mass is 10.1. The van der Waals surface area contributed by atoms with Crippen molar-refractivity contribution in [2.24, 2.45) is 0 Å². The first-order chi connectivity index (χ1) is 18.5. The number of hydrogen-bond acceptors (Lipinski definition) is 7. The van der Waals surface area contributed by atoms with E-state index in [4.69, 9.17) is 23.7 Å². The number of allylic oxidation sites excluding steroid dienone is 1. The van der Waals surface area contributed by atoms with E-state index in [1.165, 1.54) is 6.08 Å². The number of carbonyl (C=O) groups excluding carboxylic acids is 1. The van der Waals surface area contributed by atoms with Gasteiger partial charge in [0.05, 0.1) is 41.2 Å². The topological polar surface area (TPSA) is 91.0 Å². The maximum Gasteiger partial charge on any atom is 0.203 e. The number of fused-ring (bicyclic) bond motifs is 1. The van der Waals surface area contributed by atoms with Crippen molar-refractivity contribution in [3.63, 3.8) is 0 Å². The Morgan fingerprint density at radius 1 is 0.789 bits per heavy atom. The van der Waals surface area contributed by atoms with E-state index < -0.39 is 0 Å². The fraction of sp³-hybridized carbons (Fsp3) is 0.167. The van der Waals surface area contributed by atoms with E-state index in [1.54, 1.807) is 47.9 Å². The van der Waals surface area contributed by atoms with E-state index in [9.17, 15) is 4.79 Å². The Balaban J connectivity index is 1.66. The van der Waals surface area contributed by atoms with Crippen LogP contribution in [0.2, 0.25) is 0 Å². The van der Waals surface area contributed by atoms with Crippen LogP contribution in [0.5, 0.6) is 28.7 Å². The van der Waals surface area contributed by atoms with Gasteiger partial charge in [-0.3, -0.25) is 4.79 Å². The lowest BCUT2D eigenvalue weighted by molar-refractivity contribution is 0.104. The van der Waals surface area contributed by atoms with Gasteiger partial charge in [0.25, 0.3) is 0 Å². The fourth-order valence-corrected chi connectivity index (χ4v) is 4.18. The third-order valence-electron chi connectivity index (χ3n) is 6.04. The van der Waals surface area contributed by atoms with Crippen molar-refractivity contribution in [2.45, 2.75) is 0 Å². The average molecular weight is 515 g/mol. The number of nitrogens with one attached hydrogen (secondary N) is 2. The van der Waals surface area contributed by atoms with Gasteiger partial charge in [-0.2, -0.15) is 0 Å². The number of ketones is 1. The number of carbonyl (C=O) groups is 1. The van der Waals surface area contributed by atoms with Crippen LogP contribution in [0.15, 0.2) is 67.0 Å². The number of para-hydroxylation sites is 1. The number of aromatic amines is 1. The Kier molecular flexibility index (Phi) is 8.23. The molecule has 0 unspecified atom stereocenters. The van der Waals surface area contributed by atoms with Crippen LogP contribution in [0.3, 0.4) is 0 Å². The first-order valence-corrected chi connectivity index (χ1v) is 11.8. The fourth-order valence-electron chi connectivity index (χ4n) is 4.18. The summed E-state index contributed by atoms with van der Waals surface area (Å²) in [5, 5.41) is 4.08. The quantitative estimate of drug-likeness (QED) is 0.140. The zero-order chi connectivity index (χ0) is 27.1. The summed E-state index contributed by atoms with van der Waals surface area (Å²) in [7, 11) is 7.85. The van der Waals surface area contributed by atoms with Gasteiger partial charge in [0.2, 0.25) is 5.75 Å². The molecule has 0 saturated heterocycles. The van der Waals surface area contributed by atoms with Gasteiger partial charge in [-0.25, -0.2) is 0 Å². The minimum absolute atomic E-state index is 0.133. The van der Waals surface area contributed by atoms with Crippen LogP contribution in [0.1, 0.15) is 21.5 Å². The van der Waals surface area contributed by atoms with Crippen molar-refractivity contribution < 1.29 is 28.5 Å². The van der Waals surface area contributed by atoms with Crippen LogP contribution in [0.25, 0.3) is 23.1 Å². The third-order valence-corrected chi connectivity index (χ3v) is 6.04. The molecule has 8 heteroatoms. The summed E-state index contributed by atoms with van der Waals surface area (Å²) < 4.78 is 27.5. The highest BCUT2D eigenvalue weighted by atomic mass is 16.5. The van der Waals surface area contributed by atoms with Crippen LogP contribution in [0.4, 0.5) is 5.69 Å². The summed E-state index contributed by atoms with van der Waals surface area (Å²) in [4.78, 5) is 16.0. The van der Waals surface area contributed by atoms with Gasteiger partial charge in [0.15, 0.2) is 28.8 Å². The maximum atomic E-state index is 12.9. The summed E-state index contributed by atoms with van der Waals surface area (Å²) in [6, 6.07) is 15.1. The van der Waals surface area contributed by atoms with Crippen molar-refractivity contribution in [2.75, 3.05) is 40.9 Å². The second-order valence-corrected chi connectivity index (χ2v) is 8.15. The molecule has 38 heavy (non-hydrogen) atoms. The molecular formula is C30H30N2O6. The molecular weight excluding hydrogens is 484 g/mol. The first kappa shape index (κ1) is 26.2. The second-order valence-electron chi connectivity index (χ2n) is 8.15. The molecule has 1 heterocycles. The van der Waals surface area contributed by atoms with Gasteiger partial charge in [-0.15, -0.1) is 0 Å². The molecule has 4 aromatic rings. The van der Waals surface area contributed by atoms with Crippen molar-refractivity contribution in [1.29, 1.82) is 0 Å². The van der Waals surface area contributed by atoms with Crippen molar-refractivity contribution in [3.8, 4) is 28.7 Å². The van der Waals surface area contributed by atoms with Crippen LogP contribution < -0.4 is 29.0 Å². The van der Waals surface area contributed by atoms with Crippen LogP contribution in [-0.4, -0.2) is 46.3 Å². The summed E-state index contributed by atoms with van der Waals surface area (Å²) in [5.74, 6) is 2.55. The Labute approximate surface area is 221 Å². The minimum Gasteiger partial charge on any atom is -0.493 e. The standard InChI is InChI=1S/C30H30N2O6/c1-34-25-13-12-20(11-10-19-16-26(35-2)29(37-4)27(17-19)36-3)28(30(25)38-5)31-15-14-24(33)22-18-32-23-9-7-6-8-21(22)23/h6-18,31-32H,1-5H3/b11-10?,15-14-. The third kappa shape index (κ3) is 5.29. The van der Waals surface area contributed by atoms with Crippen molar-refractivity contribution >= 4 is 34.5 Å². The van der Waals surface area contributed by atoms with Gasteiger partial charge in [0.1, 0.15) is 0 Å². The highest BCUT2D eigenvalue weighted by molar-refractivity contribution is 6.13. The molecule has 0 spiro atoms. The highest BCUT2D eigenvalue weighted by Crippen LogP contribution is 2.41. The lowest BCUT2D eigenvalue weighted by Gasteiger charge is -2.15. The highest BCUT2D eigenvalue weighted by Gasteiger charge is 2.15. The molecule has 4 rings (SSSR count). The van der Waals surface area contributed by atoms with Gasteiger partial charge in [-0.05, 0) is 35.9 Å². The summed E-state index contributed by atoms with van der Waals surface area (Å²) in [5.41, 5.74) is 3.79. The van der Waals surface area contributed by atoms with Gasteiger partial charge in [-0.1, -0.05) is 30.4 Å². The molecule has 0 bridgehead atoms. The van der Waals surface area contributed by atoms with Gasteiger partial charge >= 0.3 is 0 Å². The molecule has 0 aliphatic rings. The maximum absolute atomic E-state index is 12.9. The number of hydrogen-bond donors (Lipinski definition) is 2. The van der Waals surface area contributed by atoms with E-state index >= 15 is 0 Å². The largest absolute Gasteiger partial charge is 0.493 e. The number of H-pyrrole nitrogens is 1. The number of aromatic nitrogens is 1. The molecule has 1 aromatic heterocycles. The molecule has 3 aromatic carbocycles. The van der Waals surface area contributed by atoms with Crippen LogP contribution >= 0.6 is 0 Å². The van der Waals surface area contributed by atoms with Crippen LogP contribution in [-0.2, 0) is 0 Å². The molecule has 2 N–H and O–H groups in total. The van der Waals surface area contributed by atoms with E-state index in [1.807, 2.05) is 60.7 Å². The zero-order valence-corrected chi connectivity index (χ0v) is 22.0. The van der Waals surface area contributed by atoms with Crippen LogP contribution in [0, 0.1) is 0 Å². The molecule has 196 valence electrons. The van der Waals surface area contributed by atoms with Gasteiger partial charge in [0, 0.05) is 40.5 Å². The average Bonchev–Trinajstić information content (AvgIpc) is 3.39. The summed E-state index contributed by atoms with van der Waals surface area (Å²) >= 11 is 0. The normalized spacial score (nSPS) is 11.2. The number of anilines is 1. The predicted octanol–water partition coefficient (Wildman–Crippen LogP) is 6.19.